The van der Waals surface area contributed by atoms with Gasteiger partial charge in [0.1, 0.15) is 10.8 Å². The smallest absolute Gasteiger partial charge is 0.136 e. The third kappa shape index (κ3) is 4.58. The Hall–Kier alpha value is -1.44. The molecule has 0 fully saturated rings. The predicted molar refractivity (Wildman–Crippen MR) is 137 cm³/mol. The zero-order valence-electron chi connectivity index (χ0n) is 18.1. The fourth-order valence-electron chi connectivity index (χ4n) is 4.27. The van der Waals surface area contributed by atoms with E-state index in [0.717, 1.165) is 13.0 Å². The lowest BCUT2D eigenvalue weighted by atomic mass is 9.66. The van der Waals surface area contributed by atoms with Gasteiger partial charge in [0.25, 0.3) is 0 Å². The lowest BCUT2D eigenvalue weighted by Crippen LogP contribution is -2.36. The molecule has 2 aromatic carbocycles. The van der Waals surface area contributed by atoms with Crippen LogP contribution in [0.25, 0.3) is 0 Å². The molecule has 5 heteroatoms. The summed E-state index contributed by atoms with van der Waals surface area (Å²) in [6.07, 6.45) is 5.71. The highest BCUT2D eigenvalue weighted by Gasteiger charge is 2.44. The van der Waals surface area contributed by atoms with E-state index in [1.54, 1.807) is 0 Å². The van der Waals surface area contributed by atoms with Gasteiger partial charge in [0.05, 0.1) is 0 Å². The number of hydrogen-bond acceptors (Lipinski definition) is 3. The highest BCUT2D eigenvalue weighted by molar-refractivity contribution is 14.1. The Morgan fingerprint density at radius 2 is 1.63 bits per heavy atom. The van der Waals surface area contributed by atoms with Crippen molar-refractivity contribution in [1.82, 2.24) is 5.01 Å². The number of hydrazone groups is 1. The van der Waals surface area contributed by atoms with Gasteiger partial charge < -0.3 is 4.74 Å². The van der Waals surface area contributed by atoms with Crippen LogP contribution in [-0.2, 0) is 10.2 Å². The third-order valence-electron chi connectivity index (χ3n) is 6.07. The van der Waals surface area contributed by atoms with Crippen molar-refractivity contribution in [3.05, 3.63) is 83.9 Å². The van der Waals surface area contributed by atoms with Crippen molar-refractivity contribution in [3.63, 3.8) is 0 Å². The van der Waals surface area contributed by atoms with Crippen LogP contribution in [0.4, 0.5) is 0 Å². The topological polar surface area (TPSA) is 24.8 Å². The van der Waals surface area contributed by atoms with Gasteiger partial charge in [0.2, 0.25) is 0 Å². The molecule has 2 aliphatic rings. The molecule has 1 aliphatic heterocycles. The molecular weight excluding hydrogens is 499 g/mol. The zero-order chi connectivity index (χ0) is 21.2. The molecule has 2 aromatic rings. The van der Waals surface area contributed by atoms with E-state index in [0.29, 0.717) is 16.7 Å². The summed E-state index contributed by atoms with van der Waals surface area (Å²) in [6, 6.07) is 22.9. The third-order valence-corrected chi connectivity index (χ3v) is 9.19. The van der Waals surface area contributed by atoms with E-state index in [9.17, 15) is 0 Å². The summed E-state index contributed by atoms with van der Waals surface area (Å²) >= 11 is 2.53. The second kappa shape index (κ2) is 8.97. The molecule has 4 rings (SSSR count). The van der Waals surface area contributed by atoms with Crippen LogP contribution in [0.5, 0.6) is 0 Å². The molecule has 0 N–H and O–H groups in total. The Morgan fingerprint density at radius 3 is 2.20 bits per heavy atom. The minimum Gasteiger partial charge on any atom is -0.360 e. The summed E-state index contributed by atoms with van der Waals surface area (Å²) in [5, 5.41) is 7.19. The summed E-state index contributed by atoms with van der Waals surface area (Å²) in [5.74, 6) is 0.353. The molecule has 0 saturated heterocycles. The van der Waals surface area contributed by atoms with Gasteiger partial charge in [-0.1, -0.05) is 115 Å². The molecule has 1 aliphatic carbocycles. The summed E-state index contributed by atoms with van der Waals surface area (Å²) < 4.78 is 6.33. The number of benzene rings is 2. The maximum Gasteiger partial charge on any atom is 0.136 e. The summed E-state index contributed by atoms with van der Waals surface area (Å²) in [6.45, 7) is 8.58. The molecule has 0 aromatic heterocycles. The fraction of sp³-hybridized carbons (Fsp3) is 0.400. The normalized spacial score (nSPS) is 22.7. The molecule has 0 radical (unpaired) electrons. The molecular formula is C25H31IN2OSi. The van der Waals surface area contributed by atoms with Crippen LogP contribution < -0.4 is 0 Å². The Morgan fingerprint density at radius 1 is 1.03 bits per heavy atom. The first-order valence-electron chi connectivity index (χ1n) is 10.8. The van der Waals surface area contributed by atoms with E-state index in [-0.39, 0.29) is 5.41 Å². The van der Waals surface area contributed by atoms with Gasteiger partial charge in [-0.3, -0.25) is 5.01 Å². The van der Waals surface area contributed by atoms with Gasteiger partial charge in [-0.25, -0.2) is 0 Å². The predicted octanol–water partition coefficient (Wildman–Crippen LogP) is 6.29. The maximum absolute atomic E-state index is 6.02. The summed E-state index contributed by atoms with van der Waals surface area (Å²) in [4.78, 5) is 0. The number of fused-ring (bicyclic) bond motifs is 1. The van der Waals surface area contributed by atoms with Gasteiger partial charge in [-0.05, 0) is 17.2 Å². The number of nitrogens with zero attached hydrogens (tertiary/aromatic N) is 2. The van der Waals surface area contributed by atoms with Crippen molar-refractivity contribution in [2.75, 3.05) is 13.3 Å². The van der Waals surface area contributed by atoms with Crippen LogP contribution in [-0.4, -0.2) is 36.2 Å². The first-order chi connectivity index (χ1) is 14.4. The van der Waals surface area contributed by atoms with Gasteiger partial charge in [-0.15, -0.1) is 0 Å². The number of rotatable bonds is 7. The second-order valence-electron chi connectivity index (χ2n) is 9.52. The van der Waals surface area contributed by atoms with E-state index < -0.39 is 8.07 Å². The standard InChI is InChI=1S/C25H31IN2OSi/c1-30(2,3)17-16-29-19-28-24(26)22-14-15-25(18-23(22)27-28,20-10-6-4-7-11-20)21-12-8-5-9-13-21/h4-15,22,24H,16-19H2,1-3H3. The fourth-order valence-corrected chi connectivity index (χ4v) is 5.97. The number of halogens is 1. The van der Waals surface area contributed by atoms with E-state index in [2.05, 4.69) is 120 Å². The Balaban J connectivity index is 1.58. The molecule has 0 saturated carbocycles. The zero-order valence-corrected chi connectivity index (χ0v) is 21.2. The monoisotopic (exact) mass is 530 g/mol. The Kier molecular flexibility index (Phi) is 6.51. The maximum atomic E-state index is 6.02. The van der Waals surface area contributed by atoms with E-state index in [4.69, 9.17) is 9.84 Å². The molecule has 1 heterocycles. The molecule has 2 unspecified atom stereocenters. The lowest BCUT2D eigenvalue weighted by molar-refractivity contribution is 0.0373. The van der Waals surface area contributed by atoms with Crippen LogP contribution in [0.3, 0.4) is 0 Å². The molecule has 0 amide bonds. The molecule has 0 bridgehead atoms. The van der Waals surface area contributed by atoms with Gasteiger partial charge in [0.15, 0.2) is 0 Å². The number of allylic oxidation sites excluding steroid dienone is 1. The van der Waals surface area contributed by atoms with Crippen LogP contribution in [0.1, 0.15) is 17.5 Å². The average molecular weight is 531 g/mol. The van der Waals surface area contributed by atoms with Crippen LogP contribution >= 0.6 is 22.6 Å². The van der Waals surface area contributed by atoms with Crippen molar-refractivity contribution in [1.29, 1.82) is 0 Å². The average Bonchev–Trinajstić information content (AvgIpc) is 3.06. The van der Waals surface area contributed by atoms with Crippen LogP contribution in [0.15, 0.2) is 77.9 Å². The summed E-state index contributed by atoms with van der Waals surface area (Å²) in [7, 11) is -1.07. The number of ether oxygens (including phenoxy) is 1. The van der Waals surface area contributed by atoms with Gasteiger partial charge in [0, 0.05) is 38.1 Å². The number of alkyl halides is 1. The van der Waals surface area contributed by atoms with Crippen molar-refractivity contribution in [2.45, 2.75) is 41.6 Å². The minimum atomic E-state index is -1.07. The van der Waals surface area contributed by atoms with E-state index in [1.165, 1.54) is 22.9 Å². The largest absolute Gasteiger partial charge is 0.360 e. The van der Waals surface area contributed by atoms with Crippen LogP contribution in [0, 0.1) is 5.92 Å². The molecule has 30 heavy (non-hydrogen) atoms. The van der Waals surface area contributed by atoms with Gasteiger partial charge in [-0.2, -0.15) is 5.10 Å². The molecule has 3 nitrogen and oxygen atoms in total. The SMILES string of the molecule is C[Si](C)(C)CCOCN1N=C2CC(c3ccccc3)(c3ccccc3)C=CC2C1I. The Labute approximate surface area is 195 Å². The van der Waals surface area contributed by atoms with E-state index in [1.807, 2.05) is 0 Å². The minimum absolute atomic E-state index is 0.164. The first kappa shape index (κ1) is 21.8. The lowest BCUT2D eigenvalue weighted by Gasteiger charge is -2.36. The second-order valence-corrected chi connectivity index (χ2v) is 16.4. The van der Waals surface area contributed by atoms with Gasteiger partial charge >= 0.3 is 0 Å². The van der Waals surface area contributed by atoms with E-state index >= 15 is 0 Å². The number of hydrogen-bond donors (Lipinski definition) is 0. The van der Waals surface area contributed by atoms with Crippen molar-refractivity contribution in [2.24, 2.45) is 11.0 Å². The highest BCUT2D eigenvalue weighted by Crippen LogP contribution is 2.45. The van der Waals surface area contributed by atoms with Crippen molar-refractivity contribution < 1.29 is 4.74 Å². The van der Waals surface area contributed by atoms with Crippen molar-refractivity contribution >= 4 is 36.4 Å². The highest BCUT2D eigenvalue weighted by atomic mass is 127. The van der Waals surface area contributed by atoms with Crippen LogP contribution in [0.2, 0.25) is 25.7 Å². The first-order valence-corrected chi connectivity index (χ1v) is 15.7. The quantitative estimate of drug-likeness (QED) is 0.105. The Bertz CT molecular complexity index is 868. The molecule has 158 valence electrons. The van der Waals surface area contributed by atoms with Crippen molar-refractivity contribution in [3.8, 4) is 0 Å². The molecule has 2 atom stereocenters. The summed E-state index contributed by atoms with van der Waals surface area (Å²) in [5.41, 5.74) is 3.74. The molecule has 0 spiro atoms.